The van der Waals surface area contributed by atoms with Crippen molar-refractivity contribution in [2.24, 2.45) is 5.92 Å². The number of H-pyrrole nitrogens is 1. The number of carbonyl (C=O) groups excluding carboxylic acids is 2. The van der Waals surface area contributed by atoms with Gasteiger partial charge in [-0.25, -0.2) is 4.90 Å². The first-order valence-corrected chi connectivity index (χ1v) is 14.3. The van der Waals surface area contributed by atoms with Crippen LogP contribution in [0.15, 0.2) is 76.6 Å². The molecule has 198 valence electrons. The Bertz CT molecular complexity index is 1650. The van der Waals surface area contributed by atoms with E-state index in [-0.39, 0.29) is 16.7 Å². The van der Waals surface area contributed by atoms with E-state index in [1.807, 2.05) is 31.2 Å². The van der Waals surface area contributed by atoms with Gasteiger partial charge in [0.05, 0.1) is 23.7 Å². The number of benzene rings is 3. The summed E-state index contributed by atoms with van der Waals surface area (Å²) in [6, 6.07) is 20.1. The molecule has 0 spiro atoms. The van der Waals surface area contributed by atoms with E-state index in [0.29, 0.717) is 44.3 Å². The van der Waals surface area contributed by atoms with Crippen LogP contribution in [0, 0.1) is 12.8 Å². The molecule has 7 nitrogen and oxygen atoms in total. The Labute approximate surface area is 237 Å². The van der Waals surface area contributed by atoms with Crippen LogP contribution in [-0.4, -0.2) is 29.2 Å². The third kappa shape index (κ3) is 4.64. The number of halogens is 1. The lowest BCUT2D eigenvalue weighted by Crippen LogP contribution is -2.32. The number of amides is 2. The molecule has 6 rings (SSSR count). The summed E-state index contributed by atoms with van der Waals surface area (Å²) in [6.07, 6.45) is 0. The predicted octanol–water partition coefficient (Wildman–Crippen LogP) is 5.78. The number of imide groups is 1. The number of nitrogens with one attached hydrogen (secondary N) is 1. The van der Waals surface area contributed by atoms with Gasteiger partial charge in [-0.3, -0.25) is 14.4 Å². The number of carbonyl (C=O) groups is 2. The van der Waals surface area contributed by atoms with Gasteiger partial charge in [0.15, 0.2) is 0 Å². The molecule has 3 aromatic carbocycles. The quantitative estimate of drug-likeness (QED) is 0.292. The molecular formula is C29H23ClN2O5S2. The summed E-state index contributed by atoms with van der Waals surface area (Å²) >= 11 is 8.75. The molecule has 2 aliphatic heterocycles. The fourth-order valence-electron chi connectivity index (χ4n) is 5.19. The number of fused-ring (bicyclic) bond motifs is 2. The van der Waals surface area contributed by atoms with Crippen molar-refractivity contribution in [3.8, 4) is 11.5 Å². The molecule has 3 atom stereocenters. The molecule has 1 N–H and O–H groups in total. The minimum atomic E-state index is -0.747. The summed E-state index contributed by atoms with van der Waals surface area (Å²) < 4.78 is 11.5. The highest BCUT2D eigenvalue weighted by atomic mass is 35.5. The van der Waals surface area contributed by atoms with Crippen molar-refractivity contribution in [1.29, 1.82) is 0 Å². The maximum atomic E-state index is 14.0. The lowest BCUT2D eigenvalue weighted by molar-refractivity contribution is -0.122. The van der Waals surface area contributed by atoms with Gasteiger partial charge in [-0.1, -0.05) is 64.5 Å². The van der Waals surface area contributed by atoms with Crippen molar-refractivity contribution in [3.63, 3.8) is 0 Å². The summed E-state index contributed by atoms with van der Waals surface area (Å²) in [5.74, 6) is -0.830. The molecule has 2 amide bonds. The van der Waals surface area contributed by atoms with E-state index in [4.69, 9.17) is 21.1 Å². The highest BCUT2D eigenvalue weighted by molar-refractivity contribution is 8.00. The Morgan fingerprint density at radius 1 is 1.00 bits per heavy atom. The molecule has 2 aliphatic rings. The van der Waals surface area contributed by atoms with Crippen molar-refractivity contribution in [2.75, 3.05) is 12.0 Å². The molecule has 0 aliphatic carbocycles. The largest absolute Gasteiger partial charge is 0.497 e. The number of hydrogen-bond acceptors (Lipinski definition) is 7. The van der Waals surface area contributed by atoms with Crippen molar-refractivity contribution in [3.05, 3.63) is 103 Å². The first kappa shape index (κ1) is 25.7. The Kier molecular flexibility index (Phi) is 6.74. The number of anilines is 1. The number of ether oxygens (including phenoxy) is 2. The summed E-state index contributed by atoms with van der Waals surface area (Å²) in [5.41, 5.74) is 3.26. The van der Waals surface area contributed by atoms with Crippen molar-refractivity contribution >= 4 is 52.2 Å². The van der Waals surface area contributed by atoms with Gasteiger partial charge in [0.1, 0.15) is 23.4 Å². The van der Waals surface area contributed by atoms with Gasteiger partial charge < -0.3 is 14.5 Å². The zero-order valence-corrected chi connectivity index (χ0v) is 23.4. The molecule has 4 aromatic rings. The number of thiazole rings is 1. The van der Waals surface area contributed by atoms with Crippen LogP contribution in [0.2, 0.25) is 5.02 Å². The molecular weight excluding hydrogens is 556 g/mol. The average molecular weight is 579 g/mol. The van der Waals surface area contributed by atoms with E-state index in [1.165, 1.54) is 16.7 Å². The lowest BCUT2D eigenvalue weighted by atomic mass is 9.82. The Morgan fingerprint density at radius 2 is 1.79 bits per heavy atom. The number of thioether (sulfide) groups is 1. The van der Waals surface area contributed by atoms with Gasteiger partial charge in [0, 0.05) is 21.4 Å². The van der Waals surface area contributed by atoms with E-state index < -0.39 is 17.1 Å². The summed E-state index contributed by atoms with van der Waals surface area (Å²) in [4.78, 5) is 44.7. The molecule has 0 radical (unpaired) electrons. The maximum absolute atomic E-state index is 14.0. The summed E-state index contributed by atoms with van der Waals surface area (Å²) in [6.45, 7) is 2.33. The van der Waals surface area contributed by atoms with Gasteiger partial charge in [0.2, 0.25) is 11.8 Å². The second-order valence-corrected chi connectivity index (χ2v) is 12.0. The minimum absolute atomic E-state index is 0.242. The van der Waals surface area contributed by atoms with E-state index in [0.717, 1.165) is 22.5 Å². The molecule has 1 aromatic heterocycles. The fraction of sp³-hybridized carbons (Fsp3) is 0.207. The van der Waals surface area contributed by atoms with Crippen LogP contribution in [-0.2, 0) is 16.2 Å². The molecule has 1 fully saturated rings. The summed E-state index contributed by atoms with van der Waals surface area (Å²) in [7, 11) is 1.56. The van der Waals surface area contributed by atoms with Gasteiger partial charge >= 0.3 is 4.87 Å². The van der Waals surface area contributed by atoms with Crippen LogP contribution >= 0.6 is 34.7 Å². The number of hydrogen-bond donors (Lipinski definition) is 1. The number of nitrogens with zero attached hydrogens (tertiary/aromatic N) is 1. The molecule has 0 saturated carbocycles. The topological polar surface area (TPSA) is 88.7 Å². The molecule has 39 heavy (non-hydrogen) atoms. The van der Waals surface area contributed by atoms with E-state index in [1.54, 1.807) is 49.6 Å². The van der Waals surface area contributed by atoms with Crippen LogP contribution in [0.3, 0.4) is 0 Å². The first-order chi connectivity index (χ1) is 18.8. The SMILES string of the molecule is COc1ccc(N2C(=O)C3Sc4[nH]c(=O)sc4C(c4cc(Cl)ccc4OCc4cccc(C)c4)C3C2=O)cc1. The van der Waals surface area contributed by atoms with Crippen LogP contribution in [0.4, 0.5) is 5.69 Å². The van der Waals surface area contributed by atoms with Crippen LogP contribution < -0.4 is 19.2 Å². The summed E-state index contributed by atoms with van der Waals surface area (Å²) in [5, 5.41) is 0.348. The van der Waals surface area contributed by atoms with Crippen molar-refractivity contribution in [2.45, 2.75) is 29.7 Å². The highest BCUT2D eigenvalue weighted by Gasteiger charge is 2.56. The Hall–Kier alpha value is -3.53. The third-order valence-electron chi connectivity index (χ3n) is 6.94. The highest BCUT2D eigenvalue weighted by Crippen LogP contribution is 2.54. The third-order valence-corrected chi connectivity index (χ3v) is 9.57. The van der Waals surface area contributed by atoms with E-state index >= 15 is 0 Å². The zero-order chi connectivity index (χ0) is 27.3. The van der Waals surface area contributed by atoms with Crippen molar-refractivity contribution in [1.82, 2.24) is 4.98 Å². The number of methoxy groups -OCH3 is 1. The Morgan fingerprint density at radius 3 is 2.54 bits per heavy atom. The molecule has 3 heterocycles. The molecule has 10 heteroatoms. The molecule has 1 saturated heterocycles. The minimum Gasteiger partial charge on any atom is -0.497 e. The standard InChI is InChI=1S/C29H23ClN2O5S2/c1-15-4-3-5-16(12-15)14-37-21-11-6-17(30)13-20(21)22-23-25(38-26-24(22)39-29(35)31-26)28(34)32(27(23)33)18-7-9-19(36-2)10-8-18/h3-13,22-23,25H,14H2,1-2H3,(H,31,35). The average Bonchev–Trinajstić information content (AvgIpc) is 3.42. The number of rotatable bonds is 6. The Balaban J connectivity index is 1.43. The van der Waals surface area contributed by atoms with E-state index in [2.05, 4.69) is 4.98 Å². The fourth-order valence-corrected chi connectivity index (χ4v) is 7.88. The molecule has 0 bridgehead atoms. The first-order valence-electron chi connectivity index (χ1n) is 12.2. The van der Waals surface area contributed by atoms with Crippen LogP contribution in [0.5, 0.6) is 11.5 Å². The smallest absolute Gasteiger partial charge is 0.305 e. The number of aromatic amines is 1. The van der Waals surface area contributed by atoms with Gasteiger partial charge in [-0.15, -0.1) is 0 Å². The van der Waals surface area contributed by atoms with E-state index in [9.17, 15) is 14.4 Å². The molecule has 3 unspecified atom stereocenters. The second-order valence-electron chi connectivity index (χ2n) is 9.42. The van der Waals surface area contributed by atoms with Crippen LogP contribution in [0.1, 0.15) is 27.5 Å². The normalized spacial score (nSPS) is 20.1. The zero-order valence-electron chi connectivity index (χ0n) is 21.0. The van der Waals surface area contributed by atoms with Crippen molar-refractivity contribution < 1.29 is 19.1 Å². The van der Waals surface area contributed by atoms with Gasteiger partial charge in [-0.2, -0.15) is 0 Å². The second kappa shape index (κ2) is 10.2. The number of aryl methyl sites for hydroxylation is 1. The number of aromatic nitrogens is 1. The van der Waals surface area contributed by atoms with Gasteiger partial charge in [0.25, 0.3) is 0 Å². The monoisotopic (exact) mass is 578 g/mol. The lowest BCUT2D eigenvalue weighted by Gasteiger charge is -2.31. The van der Waals surface area contributed by atoms with Crippen LogP contribution in [0.25, 0.3) is 0 Å². The maximum Gasteiger partial charge on any atom is 0.305 e. The predicted molar refractivity (Wildman–Crippen MR) is 152 cm³/mol. The van der Waals surface area contributed by atoms with Gasteiger partial charge in [-0.05, 0) is 55.0 Å².